The number of carbonyl (C=O) groups is 2. The quantitative estimate of drug-likeness (QED) is 0.783. The molecule has 0 bridgehead atoms. The summed E-state index contributed by atoms with van der Waals surface area (Å²) in [5.74, 6) is -0.318. The van der Waals surface area contributed by atoms with Crippen molar-refractivity contribution in [3.05, 3.63) is 41.7 Å². The first kappa shape index (κ1) is 19.5. The number of aryl methyl sites for hydroxylation is 1. The molecule has 0 spiro atoms. The average Bonchev–Trinajstić information content (AvgIpc) is 3.07. The van der Waals surface area contributed by atoms with E-state index in [1.54, 1.807) is 29.0 Å². The Morgan fingerprint density at radius 3 is 2.65 bits per heavy atom. The minimum atomic E-state index is -0.929. The molecular weight excluding hydrogens is 334 g/mol. The molecule has 0 saturated carbocycles. The zero-order chi connectivity index (χ0) is 19.3. The molecule has 1 N–H and O–H groups in total. The molecule has 7 nitrogen and oxygen atoms in total. The van der Waals surface area contributed by atoms with Crippen molar-refractivity contribution in [2.45, 2.75) is 27.2 Å². The molecule has 0 aliphatic heterocycles. The summed E-state index contributed by atoms with van der Waals surface area (Å²) < 4.78 is 6.97. The fourth-order valence-electron chi connectivity index (χ4n) is 2.66. The van der Waals surface area contributed by atoms with Crippen molar-refractivity contribution in [1.82, 2.24) is 14.7 Å². The van der Waals surface area contributed by atoms with Gasteiger partial charge in [-0.05, 0) is 36.6 Å². The number of aromatic nitrogens is 2. The number of benzene rings is 1. The van der Waals surface area contributed by atoms with Crippen LogP contribution >= 0.6 is 0 Å². The molecule has 0 aliphatic rings. The van der Waals surface area contributed by atoms with E-state index in [1.165, 1.54) is 0 Å². The van der Waals surface area contributed by atoms with Crippen LogP contribution in [0.3, 0.4) is 0 Å². The van der Waals surface area contributed by atoms with E-state index in [-0.39, 0.29) is 30.5 Å². The van der Waals surface area contributed by atoms with Crippen molar-refractivity contribution in [1.29, 1.82) is 0 Å². The van der Waals surface area contributed by atoms with Crippen LogP contribution in [0.2, 0.25) is 0 Å². The second kappa shape index (κ2) is 8.51. The lowest BCUT2D eigenvalue weighted by Crippen LogP contribution is -2.36. The van der Waals surface area contributed by atoms with Crippen LogP contribution in [0.5, 0.6) is 5.75 Å². The third-order valence-electron chi connectivity index (χ3n) is 3.86. The molecule has 0 aliphatic carbocycles. The van der Waals surface area contributed by atoms with Gasteiger partial charge in [-0.25, -0.2) is 4.68 Å². The molecule has 0 fully saturated rings. The summed E-state index contributed by atoms with van der Waals surface area (Å²) in [6.07, 6.45) is 1.61. The normalized spacial score (nSPS) is 10.8. The second-order valence-electron chi connectivity index (χ2n) is 6.61. The topological polar surface area (TPSA) is 84.7 Å². The Balaban J connectivity index is 2.27. The fourth-order valence-corrected chi connectivity index (χ4v) is 2.66. The van der Waals surface area contributed by atoms with Gasteiger partial charge in [0, 0.05) is 19.3 Å². The predicted molar refractivity (Wildman–Crippen MR) is 97.8 cm³/mol. The average molecular weight is 359 g/mol. The maximum absolute atomic E-state index is 12.8. The van der Waals surface area contributed by atoms with E-state index >= 15 is 0 Å². The van der Waals surface area contributed by atoms with Crippen molar-refractivity contribution in [3.8, 4) is 11.4 Å². The van der Waals surface area contributed by atoms with Crippen LogP contribution in [0.4, 0.5) is 0 Å². The van der Waals surface area contributed by atoms with Gasteiger partial charge in [-0.15, -0.1) is 0 Å². The minimum Gasteiger partial charge on any atom is -0.494 e. The Labute approximate surface area is 153 Å². The van der Waals surface area contributed by atoms with E-state index in [0.29, 0.717) is 12.3 Å². The molecule has 0 radical (unpaired) electrons. The Kier molecular flexibility index (Phi) is 6.38. The molecule has 1 amide bonds. The number of carboxylic acids is 1. The minimum absolute atomic E-state index is 0.0924. The first-order valence-corrected chi connectivity index (χ1v) is 8.53. The monoisotopic (exact) mass is 359 g/mol. The van der Waals surface area contributed by atoms with Gasteiger partial charge in [-0.1, -0.05) is 19.9 Å². The summed E-state index contributed by atoms with van der Waals surface area (Å²) in [7, 11) is 1.58. The highest BCUT2D eigenvalue weighted by molar-refractivity contribution is 5.92. The lowest BCUT2D eigenvalue weighted by Gasteiger charge is -2.23. The number of amides is 1. The van der Waals surface area contributed by atoms with Gasteiger partial charge < -0.3 is 14.7 Å². The van der Waals surface area contributed by atoms with E-state index in [9.17, 15) is 9.59 Å². The Bertz CT molecular complexity index is 783. The van der Waals surface area contributed by atoms with Gasteiger partial charge in [0.15, 0.2) is 5.69 Å². The molecule has 0 unspecified atom stereocenters. The number of methoxy groups -OCH3 is 1. The van der Waals surface area contributed by atoms with Crippen LogP contribution in [-0.4, -0.2) is 51.9 Å². The zero-order valence-corrected chi connectivity index (χ0v) is 15.6. The predicted octanol–water partition coefficient (Wildman–Crippen LogP) is 2.76. The standard InChI is InChI=1S/C19H25N3O4/c1-13(2)12-21(9-8-18(23)24)19(25)15-7-10-22(20-15)16-11-14(3)5-6-17(16)26-4/h5-7,10-11,13H,8-9,12H2,1-4H3,(H,23,24). The molecule has 140 valence electrons. The molecule has 7 heteroatoms. The number of aliphatic carboxylic acids is 1. The van der Waals surface area contributed by atoms with E-state index in [0.717, 1.165) is 11.3 Å². The third kappa shape index (κ3) is 4.84. The maximum Gasteiger partial charge on any atom is 0.305 e. The maximum atomic E-state index is 12.8. The van der Waals surface area contributed by atoms with Crippen molar-refractivity contribution in [2.24, 2.45) is 5.92 Å². The van der Waals surface area contributed by atoms with Crippen molar-refractivity contribution in [2.75, 3.05) is 20.2 Å². The first-order valence-electron chi connectivity index (χ1n) is 8.53. The molecule has 1 aromatic heterocycles. The third-order valence-corrected chi connectivity index (χ3v) is 3.86. The smallest absolute Gasteiger partial charge is 0.305 e. The summed E-state index contributed by atoms with van der Waals surface area (Å²) in [5.41, 5.74) is 2.07. The number of rotatable bonds is 8. The van der Waals surface area contributed by atoms with Crippen LogP contribution in [0, 0.1) is 12.8 Å². The summed E-state index contributed by atoms with van der Waals surface area (Å²) in [4.78, 5) is 25.2. The highest BCUT2D eigenvalue weighted by Gasteiger charge is 2.21. The molecule has 2 rings (SSSR count). The highest BCUT2D eigenvalue weighted by Crippen LogP contribution is 2.23. The van der Waals surface area contributed by atoms with Crippen LogP contribution < -0.4 is 4.74 Å². The number of hydrogen-bond donors (Lipinski definition) is 1. The summed E-state index contributed by atoms with van der Waals surface area (Å²) >= 11 is 0. The van der Waals surface area contributed by atoms with Crippen molar-refractivity contribution in [3.63, 3.8) is 0 Å². The lowest BCUT2D eigenvalue weighted by molar-refractivity contribution is -0.137. The van der Waals surface area contributed by atoms with Gasteiger partial charge >= 0.3 is 5.97 Å². The summed E-state index contributed by atoms with van der Waals surface area (Å²) in [5, 5.41) is 13.3. The molecular formula is C19H25N3O4. The van der Waals surface area contributed by atoms with Crippen molar-refractivity contribution >= 4 is 11.9 Å². The summed E-state index contributed by atoms with van der Waals surface area (Å²) in [6.45, 7) is 6.57. The Morgan fingerprint density at radius 1 is 1.31 bits per heavy atom. The summed E-state index contributed by atoms with van der Waals surface area (Å²) in [6, 6.07) is 7.36. The Morgan fingerprint density at radius 2 is 2.04 bits per heavy atom. The van der Waals surface area contributed by atoms with E-state index in [4.69, 9.17) is 9.84 Å². The van der Waals surface area contributed by atoms with E-state index < -0.39 is 5.97 Å². The SMILES string of the molecule is COc1ccc(C)cc1-n1ccc(C(=O)N(CCC(=O)O)CC(C)C)n1. The van der Waals surface area contributed by atoms with Crippen LogP contribution in [0.1, 0.15) is 36.3 Å². The largest absolute Gasteiger partial charge is 0.494 e. The van der Waals surface area contributed by atoms with Crippen molar-refractivity contribution < 1.29 is 19.4 Å². The molecule has 2 aromatic rings. The molecule has 0 saturated heterocycles. The fraction of sp³-hybridized carbons (Fsp3) is 0.421. The van der Waals surface area contributed by atoms with E-state index in [2.05, 4.69) is 5.10 Å². The molecule has 1 aromatic carbocycles. The number of carboxylic acid groups (broad SMARTS) is 1. The van der Waals surface area contributed by atoms with Crippen LogP contribution in [0.15, 0.2) is 30.5 Å². The highest BCUT2D eigenvalue weighted by atomic mass is 16.5. The van der Waals surface area contributed by atoms with Gasteiger partial charge in [0.1, 0.15) is 11.4 Å². The molecule has 1 heterocycles. The van der Waals surface area contributed by atoms with Crippen LogP contribution in [0.25, 0.3) is 5.69 Å². The zero-order valence-electron chi connectivity index (χ0n) is 15.6. The Hall–Kier alpha value is -2.83. The molecule has 26 heavy (non-hydrogen) atoms. The lowest BCUT2D eigenvalue weighted by atomic mass is 10.2. The number of nitrogens with zero attached hydrogens (tertiary/aromatic N) is 3. The molecule has 0 atom stereocenters. The first-order chi connectivity index (χ1) is 12.3. The van der Waals surface area contributed by atoms with E-state index in [1.807, 2.05) is 39.0 Å². The van der Waals surface area contributed by atoms with Gasteiger partial charge in [0.05, 0.1) is 13.5 Å². The number of ether oxygens (including phenoxy) is 1. The number of hydrogen-bond acceptors (Lipinski definition) is 4. The van der Waals surface area contributed by atoms with Gasteiger partial charge in [-0.2, -0.15) is 5.10 Å². The van der Waals surface area contributed by atoms with Crippen LogP contribution in [-0.2, 0) is 4.79 Å². The van der Waals surface area contributed by atoms with Gasteiger partial charge in [0.25, 0.3) is 5.91 Å². The van der Waals surface area contributed by atoms with Gasteiger partial charge in [0.2, 0.25) is 0 Å². The number of carbonyl (C=O) groups excluding carboxylic acids is 1. The van der Waals surface area contributed by atoms with Gasteiger partial charge in [-0.3, -0.25) is 9.59 Å². The second-order valence-corrected chi connectivity index (χ2v) is 6.61.